The first-order valence-corrected chi connectivity index (χ1v) is 11.1. The minimum atomic E-state index is -3.54. The van der Waals surface area contributed by atoms with Crippen LogP contribution in [0.1, 0.15) is 21.5 Å². The highest BCUT2D eigenvalue weighted by atomic mass is 32.2. The zero-order valence-corrected chi connectivity index (χ0v) is 17.4. The number of aryl methyl sites for hydroxylation is 2. The van der Waals surface area contributed by atoms with Crippen molar-refractivity contribution in [3.63, 3.8) is 0 Å². The number of carbonyl (C=O) groups excluding carboxylic acids is 1. The maximum absolute atomic E-state index is 12.8. The Labute approximate surface area is 169 Å². The van der Waals surface area contributed by atoms with Gasteiger partial charge in [0.25, 0.3) is 11.6 Å². The van der Waals surface area contributed by atoms with E-state index in [1.165, 1.54) is 12.1 Å². The molecule has 2 aromatic rings. The van der Waals surface area contributed by atoms with Crippen LogP contribution < -0.4 is 4.90 Å². The highest BCUT2D eigenvalue weighted by Gasteiger charge is 2.27. The summed E-state index contributed by atoms with van der Waals surface area (Å²) in [6.45, 7) is 5.60. The van der Waals surface area contributed by atoms with Gasteiger partial charge in [0.2, 0.25) is 0 Å². The summed E-state index contributed by atoms with van der Waals surface area (Å²) in [7, 11) is -3.54. The Balaban J connectivity index is 1.78. The first kappa shape index (κ1) is 20.8. The van der Waals surface area contributed by atoms with E-state index in [-0.39, 0.29) is 16.5 Å². The van der Waals surface area contributed by atoms with E-state index in [2.05, 4.69) is 0 Å². The van der Waals surface area contributed by atoms with E-state index < -0.39 is 14.8 Å². The summed E-state index contributed by atoms with van der Waals surface area (Å²) < 4.78 is 23.4. The third-order valence-electron chi connectivity index (χ3n) is 4.95. The van der Waals surface area contributed by atoms with Gasteiger partial charge in [0.1, 0.15) is 5.69 Å². The molecule has 1 fully saturated rings. The normalized spacial score (nSPS) is 14.7. The van der Waals surface area contributed by atoms with Gasteiger partial charge in [-0.15, -0.1) is 0 Å². The van der Waals surface area contributed by atoms with Crippen molar-refractivity contribution in [2.75, 3.05) is 37.3 Å². The maximum Gasteiger partial charge on any atom is 0.293 e. The molecule has 8 nitrogen and oxygen atoms in total. The number of anilines is 1. The van der Waals surface area contributed by atoms with Crippen molar-refractivity contribution in [3.05, 3.63) is 63.2 Å². The molecule has 1 amide bonds. The van der Waals surface area contributed by atoms with Gasteiger partial charge in [0.05, 0.1) is 9.82 Å². The second-order valence-electron chi connectivity index (χ2n) is 7.34. The number of nitro groups is 1. The number of piperazine rings is 1. The van der Waals surface area contributed by atoms with Crippen molar-refractivity contribution in [3.8, 4) is 0 Å². The third-order valence-corrected chi connectivity index (χ3v) is 6.06. The lowest BCUT2D eigenvalue weighted by Crippen LogP contribution is -2.49. The first-order chi connectivity index (χ1) is 13.6. The van der Waals surface area contributed by atoms with Gasteiger partial charge in [-0.1, -0.05) is 17.2 Å². The van der Waals surface area contributed by atoms with Crippen LogP contribution in [0.5, 0.6) is 0 Å². The molecule has 1 saturated heterocycles. The summed E-state index contributed by atoms with van der Waals surface area (Å²) >= 11 is 0. The number of benzene rings is 2. The molecule has 1 aliphatic heterocycles. The van der Waals surface area contributed by atoms with Gasteiger partial charge in [-0.25, -0.2) is 8.42 Å². The molecule has 0 bridgehead atoms. The monoisotopic (exact) mass is 417 g/mol. The van der Waals surface area contributed by atoms with E-state index >= 15 is 0 Å². The van der Waals surface area contributed by atoms with Gasteiger partial charge in [0.15, 0.2) is 9.84 Å². The SMILES string of the molecule is Cc1cc(C)cc(C(=O)N2CCN(c3ccc(S(C)(=O)=O)cc3[N+](=O)[O-])CC2)c1. The zero-order chi connectivity index (χ0) is 21.3. The molecule has 1 heterocycles. The molecule has 0 aliphatic carbocycles. The number of hydrogen-bond acceptors (Lipinski definition) is 6. The van der Waals surface area contributed by atoms with E-state index in [1.54, 1.807) is 4.90 Å². The average Bonchev–Trinajstić information content (AvgIpc) is 2.65. The summed E-state index contributed by atoms with van der Waals surface area (Å²) in [5, 5.41) is 11.5. The van der Waals surface area contributed by atoms with Crippen LogP contribution in [0.25, 0.3) is 0 Å². The van der Waals surface area contributed by atoms with Crippen LogP contribution in [0.2, 0.25) is 0 Å². The molecule has 2 aromatic carbocycles. The number of hydrogen-bond donors (Lipinski definition) is 0. The Hall–Kier alpha value is -2.94. The molecule has 0 radical (unpaired) electrons. The van der Waals surface area contributed by atoms with E-state index in [0.29, 0.717) is 37.4 Å². The Morgan fingerprint density at radius 2 is 1.59 bits per heavy atom. The number of sulfone groups is 1. The molecule has 29 heavy (non-hydrogen) atoms. The minimum Gasteiger partial charge on any atom is -0.362 e. The fourth-order valence-electron chi connectivity index (χ4n) is 3.58. The van der Waals surface area contributed by atoms with Gasteiger partial charge in [0, 0.05) is 44.1 Å². The zero-order valence-electron chi connectivity index (χ0n) is 16.6. The topological polar surface area (TPSA) is 101 Å². The molecule has 9 heteroatoms. The Morgan fingerprint density at radius 3 is 2.10 bits per heavy atom. The van der Waals surface area contributed by atoms with Gasteiger partial charge in [-0.2, -0.15) is 0 Å². The predicted octanol–water partition coefficient (Wildman–Crippen LogP) is 2.58. The number of nitrogens with zero attached hydrogens (tertiary/aromatic N) is 3. The Bertz CT molecular complexity index is 1050. The number of nitro benzene ring substituents is 1. The van der Waals surface area contributed by atoms with Gasteiger partial charge in [-0.05, 0) is 38.1 Å². The van der Waals surface area contributed by atoms with Crippen LogP contribution in [0.4, 0.5) is 11.4 Å². The third kappa shape index (κ3) is 4.56. The highest BCUT2D eigenvalue weighted by Crippen LogP contribution is 2.31. The van der Waals surface area contributed by atoms with Crippen LogP contribution in [-0.4, -0.2) is 56.6 Å². The summed E-state index contributed by atoms with van der Waals surface area (Å²) in [4.78, 5) is 27.2. The molecule has 0 N–H and O–H groups in total. The van der Waals surface area contributed by atoms with Crippen LogP contribution in [0.3, 0.4) is 0 Å². The first-order valence-electron chi connectivity index (χ1n) is 9.17. The molecule has 1 aliphatic rings. The second-order valence-corrected chi connectivity index (χ2v) is 9.35. The van der Waals surface area contributed by atoms with Crippen molar-refractivity contribution in [2.45, 2.75) is 18.7 Å². The van der Waals surface area contributed by atoms with E-state index in [4.69, 9.17) is 0 Å². The molecule has 3 rings (SSSR count). The average molecular weight is 417 g/mol. The maximum atomic E-state index is 12.8. The van der Waals surface area contributed by atoms with Crippen molar-refractivity contribution >= 4 is 27.1 Å². The van der Waals surface area contributed by atoms with Crippen molar-refractivity contribution in [1.29, 1.82) is 0 Å². The molecule has 0 aromatic heterocycles. The Kier molecular flexibility index (Phi) is 5.61. The van der Waals surface area contributed by atoms with E-state index in [1.807, 2.05) is 36.9 Å². The molecule has 154 valence electrons. The number of amides is 1. The van der Waals surface area contributed by atoms with E-state index in [0.717, 1.165) is 23.4 Å². The van der Waals surface area contributed by atoms with E-state index in [9.17, 15) is 23.3 Å². The summed E-state index contributed by atoms with van der Waals surface area (Å²) in [6.07, 6.45) is 1.02. The van der Waals surface area contributed by atoms with Gasteiger partial charge >= 0.3 is 0 Å². The Morgan fingerprint density at radius 1 is 1.00 bits per heavy atom. The number of carbonyl (C=O) groups is 1. The van der Waals surface area contributed by atoms with Crippen molar-refractivity contribution in [2.24, 2.45) is 0 Å². The summed E-state index contributed by atoms with van der Waals surface area (Å²) in [5.41, 5.74) is 2.80. The molecule has 0 spiro atoms. The molecular weight excluding hydrogens is 394 g/mol. The predicted molar refractivity (Wildman–Crippen MR) is 110 cm³/mol. The summed E-state index contributed by atoms with van der Waals surface area (Å²) in [6, 6.07) is 9.67. The number of rotatable bonds is 4. The summed E-state index contributed by atoms with van der Waals surface area (Å²) in [5.74, 6) is -0.0571. The quantitative estimate of drug-likeness (QED) is 0.560. The molecule has 0 saturated carbocycles. The van der Waals surface area contributed by atoms with Gasteiger partial charge in [-0.3, -0.25) is 14.9 Å². The van der Waals surface area contributed by atoms with Crippen molar-refractivity contribution in [1.82, 2.24) is 4.90 Å². The minimum absolute atomic E-state index is 0.0571. The lowest BCUT2D eigenvalue weighted by molar-refractivity contribution is -0.384. The molecule has 0 unspecified atom stereocenters. The van der Waals surface area contributed by atoms with Crippen LogP contribution >= 0.6 is 0 Å². The molecule has 0 atom stereocenters. The van der Waals surface area contributed by atoms with Crippen LogP contribution in [0.15, 0.2) is 41.3 Å². The fraction of sp³-hybridized carbons (Fsp3) is 0.350. The largest absolute Gasteiger partial charge is 0.362 e. The second kappa shape index (κ2) is 7.82. The fourth-order valence-corrected chi connectivity index (χ4v) is 4.22. The molecular formula is C20H23N3O5S. The van der Waals surface area contributed by atoms with Crippen LogP contribution in [-0.2, 0) is 9.84 Å². The highest BCUT2D eigenvalue weighted by molar-refractivity contribution is 7.90. The van der Waals surface area contributed by atoms with Gasteiger partial charge < -0.3 is 9.80 Å². The van der Waals surface area contributed by atoms with Crippen LogP contribution in [0, 0.1) is 24.0 Å². The van der Waals surface area contributed by atoms with Crippen molar-refractivity contribution < 1.29 is 18.1 Å². The lowest BCUT2D eigenvalue weighted by Gasteiger charge is -2.36. The standard InChI is InChI=1S/C20H23N3O5S/c1-14-10-15(2)12-16(11-14)20(24)22-8-6-21(7-9-22)18-5-4-17(29(3,27)28)13-19(18)23(25)26/h4-5,10-13H,6-9H2,1-3H3. The lowest BCUT2D eigenvalue weighted by atomic mass is 10.1. The smallest absolute Gasteiger partial charge is 0.293 e.